The zero-order valence-electron chi connectivity index (χ0n) is 29.0. The number of benzene rings is 4. The first kappa shape index (κ1) is 32.1. The maximum atomic E-state index is 2.70. The molecule has 0 aromatic heterocycles. The number of hydrogen-bond donors (Lipinski definition) is 0. The van der Waals surface area contributed by atoms with Gasteiger partial charge in [-0.1, -0.05) is 0 Å². The van der Waals surface area contributed by atoms with E-state index in [1.165, 1.54) is 39.0 Å². The molecule has 230 valence electrons. The molecule has 0 amide bonds. The molecule has 0 bridgehead atoms. The minimum atomic E-state index is -2.81. The van der Waals surface area contributed by atoms with E-state index in [4.69, 9.17) is 0 Å². The van der Waals surface area contributed by atoms with Crippen molar-refractivity contribution in [1.82, 2.24) is 0 Å². The van der Waals surface area contributed by atoms with Crippen LogP contribution in [0.1, 0.15) is 106 Å². The zero-order valence-corrected chi connectivity index (χ0v) is 31.5. The molecule has 45 heavy (non-hydrogen) atoms. The fourth-order valence-corrected chi connectivity index (χ4v) is 17.1. The van der Waals surface area contributed by atoms with Crippen molar-refractivity contribution in [2.75, 3.05) is 0 Å². The average molecular weight is 670 g/mol. The van der Waals surface area contributed by atoms with Gasteiger partial charge in [0.25, 0.3) is 0 Å². The van der Waals surface area contributed by atoms with Crippen molar-refractivity contribution in [3.63, 3.8) is 0 Å². The van der Waals surface area contributed by atoms with Gasteiger partial charge in [-0.25, -0.2) is 0 Å². The normalized spacial score (nSPS) is 16.6. The second kappa shape index (κ2) is 11.7. The summed E-state index contributed by atoms with van der Waals surface area (Å²) in [6.45, 7) is 23.7. The average Bonchev–Trinajstić information content (AvgIpc) is 3.53. The Bertz CT molecular complexity index is 1720. The topological polar surface area (TPSA) is 0 Å². The van der Waals surface area contributed by atoms with Crippen LogP contribution in [0.5, 0.6) is 0 Å². The molecule has 2 aliphatic rings. The van der Waals surface area contributed by atoms with Gasteiger partial charge in [-0.05, 0) is 0 Å². The van der Waals surface area contributed by atoms with Gasteiger partial charge in [-0.3, -0.25) is 0 Å². The molecular formula is C44H50Zr. The summed E-state index contributed by atoms with van der Waals surface area (Å²) < 4.78 is 2.51. The van der Waals surface area contributed by atoms with Gasteiger partial charge >= 0.3 is 282 Å². The molecule has 0 N–H and O–H groups in total. The third kappa shape index (κ3) is 6.15. The zero-order chi connectivity index (χ0) is 32.3. The first-order valence-corrected chi connectivity index (χ1v) is 20.8. The Labute approximate surface area is 280 Å². The Morgan fingerprint density at radius 2 is 1.00 bits per heavy atom. The van der Waals surface area contributed by atoms with Crippen LogP contribution >= 0.6 is 0 Å². The van der Waals surface area contributed by atoms with Crippen LogP contribution in [0, 0.1) is 5.41 Å². The molecule has 0 aliphatic heterocycles. The summed E-state index contributed by atoms with van der Waals surface area (Å²) in [5, 5.41) is 0. The molecule has 1 unspecified atom stereocenters. The van der Waals surface area contributed by atoms with Gasteiger partial charge in [0.2, 0.25) is 0 Å². The fourth-order valence-electron chi connectivity index (χ4n) is 7.21. The third-order valence-electron chi connectivity index (χ3n) is 9.89. The molecular weight excluding hydrogens is 620 g/mol. The summed E-state index contributed by atoms with van der Waals surface area (Å²) >= 11 is -2.81. The molecule has 2 aliphatic carbocycles. The number of rotatable bonds is 4. The van der Waals surface area contributed by atoms with Gasteiger partial charge in [0, 0.05) is 0 Å². The molecule has 0 saturated carbocycles. The second-order valence-electron chi connectivity index (χ2n) is 16.3. The number of hydrogen-bond acceptors (Lipinski definition) is 0. The quantitative estimate of drug-likeness (QED) is 0.203. The van der Waals surface area contributed by atoms with E-state index in [1.54, 1.807) is 19.9 Å². The van der Waals surface area contributed by atoms with Crippen LogP contribution in [0.3, 0.4) is 0 Å². The molecule has 0 heterocycles. The molecule has 4 aromatic carbocycles. The fraction of sp³-hybridized carbons (Fsp3) is 0.341. The number of allylic oxidation sites excluding steroid dienone is 4. The van der Waals surface area contributed by atoms with Crippen LogP contribution in [0.25, 0.3) is 11.1 Å². The Balaban J connectivity index is 1.77. The van der Waals surface area contributed by atoms with Gasteiger partial charge in [0.1, 0.15) is 0 Å². The molecule has 1 heteroatoms. The van der Waals surface area contributed by atoms with E-state index < -0.39 is 21.3 Å². The van der Waals surface area contributed by atoms with E-state index in [0.717, 1.165) is 0 Å². The molecule has 0 fully saturated rings. The van der Waals surface area contributed by atoms with E-state index in [0.29, 0.717) is 7.25 Å². The second-order valence-corrected chi connectivity index (χ2v) is 22.8. The Morgan fingerprint density at radius 1 is 0.556 bits per heavy atom. The van der Waals surface area contributed by atoms with Crippen molar-refractivity contribution in [3.8, 4) is 11.1 Å². The SMILES string of the molecule is CC1=CC(C(C)(C)C)=C[CH]1[Zr](=[C](c1ccccc1)c1ccccc1)[CH]1c2cc(C(C)(C)C)ccc2-c2ccc(C(C)(C)C)cc21. The van der Waals surface area contributed by atoms with E-state index >= 15 is 0 Å². The Morgan fingerprint density at radius 3 is 1.38 bits per heavy atom. The van der Waals surface area contributed by atoms with Crippen LogP contribution in [-0.4, -0.2) is 3.21 Å². The van der Waals surface area contributed by atoms with Crippen molar-refractivity contribution in [2.24, 2.45) is 5.41 Å². The summed E-state index contributed by atoms with van der Waals surface area (Å²) in [5.74, 6) is 0. The predicted octanol–water partition coefficient (Wildman–Crippen LogP) is 12.0. The van der Waals surface area contributed by atoms with Crippen LogP contribution < -0.4 is 0 Å². The first-order valence-electron chi connectivity index (χ1n) is 16.7. The third-order valence-corrected chi connectivity index (χ3v) is 19.0. The van der Waals surface area contributed by atoms with Crippen LogP contribution in [-0.2, 0) is 32.1 Å². The van der Waals surface area contributed by atoms with Crippen molar-refractivity contribution < 1.29 is 21.3 Å². The van der Waals surface area contributed by atoms with E-state index in [1.807, 2.05) is 0 Å². The van der Waals surface area contributed by atoms with Crippen LogP contribution in [0.15, 0.2) is 120 Å². The summed E-state index contributed by atoms with van der Waals surface area (Å²) in [4.78, 5) is 0. The van der Waals surface area contributed by atoms with Gasteiger partial charge in [0.15, 0.2) is 0 Å². The molecule has 4 aromatic rings. The summed E-state index contributed by atoms with van der Waals surface area (Å²) in [5.41, 5.74) is 15.0. The summed E-state index contributed by atoms with van der Waals surface area (Å²) in [6, 6.07) is 37.7. The molecule has 0 nitrogen and oxygen atoms in total. The van der Waals surface area contributed by atoms with Crippen molar-refractivity contribution in [1.29, 1.82) is 0 Å². The molecule has 1 atom stereocenters. The summed E-state index contributed by atoms with van der Waals surface area (Å²) in [7, 11) is 0. The van der Waals surface area contributed by atoms with Gasteiger partial charge in [0.05, 0.1) is 0 Å². The molecule has 0 spiro atoms. The van der Waals surface area contributed by atoms with Crippen molar-refractivity contribution >= 4 is 3.21 Å². The Kier molecular flexibility index (Phi) is 8.36. The minimum absolute atomic E-state index is 0.0857. The maximum absolute atomic E-state index is 2.81. The standard InChI is InChI=1S/C21H25.C13H10.C10H15.Zr/c1-20(2,3)16-7-9-18-14(12-16)11-15-13-17(21(4,5)6)8-10-19(15)18;1-3-7-12(8-4-1)11-13-9-5-2-6-10-13;1-8-5-6-9(7-8)10(2,3)4;/h7-13H,1-6H3;1-10H;5-7H,1-4H3;. The molecule has 0 radical (unpaired) electrons. The molecule has 0 saturated heterocycles. The Hall–Kier alpha value is -2.89. The van der Waals surface area contributed by atoms with E-state index in [2.05, 4.69) is 178 Å². The van der Waals surface area contributed by atoms with E-state index in [9.17, 15) is 0 Å². The first-order chi connectivity index (χ1) is 21.1. The van der Waals surface area contributed by atoms with E-state index in [-0.39, 0.29) is 16.2 Å². The summed E-state index contributed by atoms with van der Waals surface area (Å²) in [6.07, 6.45) is 5.24. The van der Waals surface area contributed by atoms with Crippen molar-refractivity contribution in [3.05, 3.63) is 154 Å². The number of fused-ring (bicyclic) bond motifs is 3. The molecule has 6 rings (SSSR count). The monoisotopic (exact) mass is 668 g/mol. The predicted molar refractivity (Wildman–Crippen MR) is 192 cm³/mol. The van der Waals surface area contributed by atoms with Crippen molar-refractivity contribution in [2.45, 2.75) is 87.3 Å². The van der Waals surface area contributed by atoms with Crippen LogP contribution in [0.4, 0.5) is 0 Å². The van der Waals surface area contributed by atoms with Gasteiger partial charge in [-0.2, -0.15) is 0 Å². The van der Waals surface area contributed by atoms with Crippen LogP contribution in [0.2, 0.25) is 3.63 Å². The van der Waals surface area contributed by atoms with Gasteiger partial charge in [-0.15, -0.1) is 0 Å². The van der Waals surface area contributed by atoms with Gasteiger partial charge < -0.3 is 0 Å².